The van der Waals surface area contributed by atoms with Gasteiger partial charge in [-0.1, -0.05) is 18.2 Å². The number of carbonyl (C=O) groups excluding carboxylic acids is 1. The number of hydrogen-bond donors (Lipinski definition) is 2. The van der Waals surface area contributed by atoms with Gasteiger partial charge in [-0.25, -0.2) is 9.18 Å². The van der Waals surface area contributed by atoms with Crippen molar-refractivity contribution in [2.24, 2.45) is 0 Å². The van der Waals surface area contributed by atoms with Gasteiger partial charge >= 0.3 is 6.03 Å². The molecule has 0 aliphatic carbocycles. The van der Waals surface area contributed by atoms with E-state index in [-0.39, 0.29) is 17.9 Å². The second kappa shape index (κ2) is 9.12. The minimum atomic E-state index is -0.243. The first-order valence-electron chi connectivity index (χ1n) is 8.84. The molecule has 7 heteroatoms. The van der Waals surface area contributed by atoms with Crippen LogP contribution in [0.4, 0.5) is 9.18 Å². The van der Waals surface area contributed by atoms with Gasteiger partial charge in [0.1, 0.15) is 5.82 Å². The predicted octanol–water partition coefficient (Wildman–Crippen LogP) is 2.68. The molecule has 0 spiro atoms. The number of nitrogens with zero attached hydrogens (tertiary/aromatic N) is 2. The molecule has 0 radical (unpaired) electrons. The molecule has 1 aromatic carbocycles. The van der Waals surface area contributed by atoms with Crippen LogP contribution in [0.15, 0.2) is 41.8 Å². The van der Waals surface area contributed by atoms with Crippen molar-refractivity contribution in [3.8, 4) is 0 Å². The number of amides is 2. The van der Waals surface area contributed by atoms with Gasteiger partial charge in [-0.05, 0) is 36.2 Å². The summed E-state index contributed by atoms with van der Waals surface area (Å²) in [6.45, 7) is 4.85. The summed E-state index contributed by atoms with van der Waals surface area (Å²) in [4.78, 5) is 17.9. The minimum Gasteiger partial charge on any atom is -0.336 e. The molecule has 2 amide bonds. The third kappa shape index (κ3) is 5.27. The minimum absolute atomic E-state index is 0.0387. The second-order valence-electron chi connectivity index (χ2n) is 6.55. The molecule has 1 saturated heterocycles. The highest BCUT2D eigenvalue weighted by Crippen LogP contribution is 2.22. The maximum Gasteiger partial charge on any atom is 0.315 e. The number of nitrogens with one attached hydrogen (secondary N) is 2. The van der Waals surface area contributed by atoms with Gasteiger partial charge in [0, 0.05) is 37.6 Å². The highest BCUT2D eigenvalue weighted by molar-refractivity contribution is 7.09. The first kappa shape index (κ1) is 18.8. The number of carbonyl (C=O) groups is 1. The van der Waals surface area contributed by atoms with Crippen LogP contribution in [0.3, 0.4) is 0 Å². The molecule has 2 aromatic rings. The van der Waals surface area contributed by atoms with E-state index >= 15 is 0 Å². The lowest BCUT2D eigenvalue weighted by atomic mass is 10.0. The number of thiophene rings is 1. The van der Waals surface area contributed by atoms with Gasteiger partial charge < -0.3 is 15.5 Å². The Balaban J connectivity index is 1.59. The molecular weight excluding hydrogens is 351 g/mol. The van der Waals surface area contributed by atoms with E-state index in [1.54, 1.807) is 11.3 Å². The molecular formula is C19H25FN4OS. The maximum absolute atomic E-state index is 13.3. The number of piperazine rings is 1. The molecule has 1 atom stereocenters. The number of hydrogen-bond acceptors (Lipinski definition) is 4. The molecule has 1 fully saturated rings. The maximum atomic E-state index is 13.3. The van der Waals surface area contributed by atoms with E-state index in [0.717, 1.165) is 36.6 Å². The van der Waals surface area contributed by atoms with Crippen molar-refractivity contribution in [2.75, 3.05) is 39.8 Å². The highest BCUT2D eigenvalue weighted by atomic mass is 32.1. The molecule has 140 valence electrons. The SMILES string of the molecule is CN1CCN(C(CNC(=O)NCc2cccs2)c2ccc(F)cc2)CC1. The molecule has 26 heavy (non-hydrogen) atoms. The Labute approximate surface area is 157 Å². The van der Waals surface area contributed by atoms with Crippen molar-refractivity contribution in [3.05, 3.63) is 58.0 Å². The zero-order chi connectivity index (χ0) is 18.4. The standard InChI is InChI=1S/C19H25FN4OS/c1-23-8-10-24(11-9-23)18(15-4-6-16(20)7-5-15)14-22-19(25)21-13-17-3-2-12-26-17/h2-7,12,18H,8-11,13-14H2,1H3,(H2,21,22,25). The van der Waals surface area contributed by atoms with Crippen LogP contribution < -0.4 is 10.6 Å². The van der Waals surface area contributed by atoms with Crippen LogP contribution in [0.25, 0.3) is 0 Å². The zero-order valence-electron chi connectivity index (χ0n) is 15.0. The molecule has 1 aromatic heterocycles. The average Bonchev–Trinajstić information content (AvgIpc) is 3.16. The Kier molecular flexibility index (Phi) is 6.60. The quantitative estimate of drug-likeness (QED) is 0.815. The Morgan fingerprint density at radius 3 is 2.54 bits per heavy atom. The van der Waals surface area contributed by atoms with Crippen molar-refractivity contribution in [1.29, 1.82) is 0 Å². The molecule has 2 heterocycles. The monoisotopic (exact) mass is 376 g/mol. The summed E-state index contributed by atoms with van der Waals surface area (Å²) >= 11 is 1.62. The van der Waals surface area contributed by atoms with Gasteiger partial charge in [0.2, 0.25) is 0 Å². The van der Waals surface area contributed by atoms with E-state index in [2.05, 4.69) is 27.5 Å². The van der Waals surface area contributed by atoms with Crippen LogP contribution in [0.2, 0.25) is 0 Å². The van der Waals surface area contributed by atoms with Crippen LogP contribution >= 0.6 is 11.3 Å². The van der Waals surface area contributed by atoms with E-state index in [1.807, 2.05) is 29.6 Å². The third-order valence-electron chi connectivity index (χ3n) is 4.69. The molecule has 0 bridgehead atoms. The molecule has 3 rings (SSSR count). The average molecular weight is 377 g/mol. The van der Waals surface area contributed by atoms with E-state index in [9.17, 15) is 9.18 Å². The molecule has 1 aliphatic heterocycles. The van der Waals surface area contributed by atoms with E-state index in [1.165, 1.54) is 12.1 Å². The van der Waals surface area contributed by atoms with E-state index < -0.39 is 0 Å². The van der Waals surface area contributed by atoms with Crippen LogP contribution in [0, 0.1) is 5.82 Å². The van der Waals surface area contributed by atoms with Crippen molar-refractivity contribution in [3.63, 3.8) is 0 Å². The summed E-state index contributed by atoms with van der Waals surface area (Å²) < 4.78 is 13.3. The number of halogens is 1. The summed E-state index contributed by atoms with van der Waals surface area (Å²) in [5.74, 6) is -0.243. The van der Waals surface area contributed by atoms with Gasteiger partial charge in [0.05, 0.1) is 12.6 Å². The summed E-state index contributed by atoms with van der Waals surface area (Å²) in [7, 11) is 2.11. The molecule has 1 aliphatic rings. The van der Waals surface area contributed by atoms with Crippen molar-refractivity contribution in [2.45, 2.75) is 12.6 Å². The van der Waals surface area contributed by atoms with Crippen molar-refractivity contribution >= 4 is 17.4 Å². The lowest BCUT2D eigenvalue weighted by Gasteiger charge is -2.38. The number of urea groups is 1. The zero-order valence-corrected chi connectivity index (χ0v) is 15.8. The predicted molar refractivity (Wildman–Crippen MR) is 103 cm³/mol. The number of rotatable bonds is 6. The van der Waals surface area contributed by atoms with Gasteiger partial charge in [-0.3, -0.25) is 4.90 Å². The Morgan fingerprint density at radius 2 is 1.88 bits per heavy atom. The number of benzene rings is 1. The van der Waals surface area contributed by atoms with Gasteiger partial charge in [0.15, 0.2) is 0 Å². The first-order chi connectivity index (χ1) is 12.6. The topological polar surface area (TPSA) is 47.6 Å². The van der Waals surface area contributed by atoms with Gasteiger partial charge in [-0.15, -0.1) is 11.3 Å². The molecule has 1 unspecified atom stereocenters. The normalized spacial score (nSPS) is 17.0. The Hall–Kier alpha value is -1.96. The van der Waals surface area contributed by atoms with Crippen LogP contribution in [0.1, 0.15) is 16.5 Å². The highest BCUT2D eigenvalue weighted by Gasteiger charge is 2.24. The third-order valence-corrected chi connectivity index (χ3v) is 5.57. The van der Waals surface area contributed by atoms with Crippen LogP contribution in [-0.4, -0.2) is 55.6 Å². The summed E-state index contributed by atoms with van der Waals surface area (Å²) in [6, 6.07) is 10.4. The largest absolute Gasteiger partial charge is 0.336 e. The molecule has 2 N–H and O–H groups in total. The summed E-state index contributed by atoms with van der Waals surface area (Å²) in [5.41, 5.74) is 1.02. The van der Waals surface area contributed by atoms with Gasteiger partial charge in [0.25, 0.3) is 0 Å². The lowest BCUT2D eigenvalue weighted by molar-refractivity contribution is 0.111. The van der Waals surface area contributed by atoms with Crippen LogP contribution in [-0.2, 0) is 6.54 Å². The summed E-state index contributed by atoms with van der Waals surface area (Å²) in [5, 5.41) is 7.85. The Bertz CT molecular complexity index is 684. The Morgan fingerprint density at radius 1 is 1.15 bits per heavy atom. The van der Waals surface area contributed by atoms with Crippen LogP contribution in [0.5, 0.6) is 0 Å². The van der Waals surface area contributed by atoms with Crippen molar-refractivity contribution in [1.82, 2.24) is 20.4 Å². The lowest BCUT2D eigenvalue weighted by Crippen LogP contribution is -2.49. The first-order valence-corrected chi connectivity index (χ1v) is 9.72. The smallest absolute Gasteiger partial charge is 0.315 e. The molecule has 5 nitrogen and oxygen atoms in total. The number of likely N-dealkylation sites (N-methyl/N-ethyl adjacent to an activating group) is 1. The second-order valence-corrected chi connectivity index (χ2v) is 7.58. The fourth-order valence-electron chi connectivity index (χ4n) is 3.11. The fraction of sp³-hybridized carbons (Fsp3) is 0.421. The summed E-state index contributed by atoms with van der Waals surface area (Å²) in [6.07, 6.45) is 0. The van der Waals surface area contributed by atoms with Gasteiger partial charge in [-0.2, -0.15) is 0 Å². The van der Waals surface area contributed by atoms with Crippen molar-refractivity contribution < 1.29 is 9.18 Å². The van der Waals surface area contributed by atoms with E-state index in [4.69, 9.17) is 0 Å². The van der Waals surface area contributed by atoms with E-state index in [0.29, 0.717) is 13.1 Å². The fourth-order valence-corrected chi connectivity index (χ4v) is 3.75. The molecule has 0 saturated carbocycles.